The molecule has 0 saturated heterocycles. The molecular weight excluding hydrogens is 442 g/mol. The molecule has 2 N–H and O–H groups in total. The van der Waals surface area contributed by atoms with Gasteiger partial charge >= 0.3 is 0 Å². The standard InChI is InChI=1S/C24H31N3O5S/c1-6-27(7-2)24(29)19-9-8-10-20(16-19)25-23(28)14-12-18-11-13-21(32-5)22(15-18)33(30,31)26-17(3)4/h8-17,26H,6-7H2,1-5H3,(H,25,28)/b14-12+. The summed E-state index contributed by atoms with van der Waals surface area (Å²) in [7, 11) is -2.39. The lowest BCUT2D eigenvalue weighted by molar-refractivity contribution is -0.111. The van der Waals surface area contributed by atoms with Gasteiger partial charge in [-0.3, -0.25) is 9.59 Å². The third kappa shape index (κ3) is 7.16. The third-order valence-corrected chi connectivity index (χ3v) is 6.40. The molecule has 0 heterocycles. The van der Waals surface area contributed by atoms with Crippen molar-refractivity contribution in [1.82, 2.24) is 9.62 Å². The van der Waals surface area contributed by atoms with E-state index < -0.39 is 15.9 Å². The molecule has 178 valence electrons. The van der Waals surface area contributed by atoms with Crippen molar-refractivity contribution in [3.05, 3.63) is 59.7 Å². The predicted molar refractivity (Wildman–Crippen MR) is 130 cm³/mol. The number of nitrogens with zero attached hydrogens (tertiary/aromatic N) is 1. The number of anilines is 1. The van der Waals surface area contributed by atoms with Crippen molar-refractivity contribution in [2.75, 3.05) is 25.5 Å². The minimum absolute atomic E-state index is 0.0103. The van der Waals surface area contributed by atoms with Crippen LogP contribution in [0.2, 0.25) is 0 Å². The molecule has 2 amide bonds. The zero-order valence-corrected chi connectivity index (χ0v) is 20.4. The van der Waals surface area contributed by atoms with Gasteiger partial charge in [0.1, 0.15) is 10.6 Å². The topological polar surface area (TPSA) is 105 Å². The molecule has 0 saturated carbocycles. The van der Waals surface area contributed by atoms with Gasteiger partial charge in [-0.05, 0) is 69.7 Å². The maximum atomic E-state index is 12.6. The normalized spacial score (nSPS) is 11.6. The zero-order chi connectivity index (χ0) is 24.6. The summed E-state index contributed by atoms with van der Waals surface area (Å²) in [6, 6.07) is 11.1. The van der Waals surface area contributed by atoms with Gasteiger partial charge in [0, 0.05) is 36.5 Å². The molecule has 0 fully saturated rings. The molecular formula is C24H31N3O5S. The Kier molecular flexibility index (Phi) is 9.19. The zero-order valence-electron chi connectivity index (χ0n) is 19.6. The van der Waals surface area contributed by atoms with Gasteiger partial charge in [0.15, 0.2) is 0 Å². The van der Waals surface area contributed by atoms with Gasteiger partial charge in [0.2, 0.25) is 15.9 Å². The number of benzene rings is 2. The number of ether oxygens (including phenoxy) is 1. The van der Waals surface area contributed by atoms with Crippen LogP contribution in [0.3, 0.4) is 0 Å². The van der Waals surface area contributed by atoms with E-state index >= 15 is 0 Å². The van der Waals surface area contributed by atoms with Crippen molar-refractivity contribution in [2.45, 2.75) is 38.6 Å². The van der Waals surface area contributed by atoms with E-state index in [-0.39, 0.29) is 22.6 Å². The average molecular weight is 474 g/mol. The highest BCUT2D eigenvalue weighted by Gasteiger charge is 2.20. The number of hydrogen-bond acceptors (Lipinski definition) is 5. The molecule has 8 nitrogen and oxygen atoms in total. The molecule has 0 aromatic heterocycles. The maximum absolute atomic E-state index is 12.6. The first-order valence-electron chi connectivity index (χ1n) is 10.7. The number of rotatable bonds is 10. The monoisotopic (exact) mass is 473 g/mol. The van der Waals surface area contributed by atoms with E-state index in [4.69, 9.17) is 4.74 Å². The van der Waals surface area contributed by atoms with Gasteiger partial charge in [-0.1, -0.05) is 12.1 Å². The van der Waals surface area contributed by atoms with Crippen molar-refractivity contribution in [3.8, 4) is 5.75 Å². The minimum Gasteiger partial charge on any atom is -0.495 e. The van der Waals surface area contributed by atoms with Crippen LogP contribution in [0.25, 0.3) is 6.08 Å². The SMILES string of the molecule is CCN(CC)C(=O)c1cccc(NC(=O)/C=C/c2ccc(OC)c(S(=O)(=O)NC(C)C)c2)c1. The molecule has 0 bridgehead atoms. The number of sulfonamides is 1. The van der Waals surface area contributed by atoms with E-state index in [1.54, 1.807) is 49.1 Å². The van der Waals surface area contributed by atoms with E-state index in [2.05, 4.69) is 10.0 Å². The molecule has 9 heteroatoms. The summed E-state index contributed by atoms with van der Waals surface area (Å²) in [5.41, 5.74) is 1.49. The first kappa shape index (κ1) is 26.1. The van der Waals surface area contributed by atoms with Crippen LogP contribution in [0.5, 0.6) is 5.75 Å². The first-order valence-corrected chi connectivity index (χ1v) is 12.2. The Morgan fingerprint density at radius 2 is 1.79 bits per heavy atom. The van der Waals surface area contributed by atoms with Crippen LogP contribution in [-0.2, 0) is 14.8 Å². The second-order valence-corrected chi connectivity index (χ2v) is 9.25. The molecule has 33 heavy (non-hydrogen) atoms. The van der Waals surface area contributed by atoms with E-state index in [1.807, 2.05) is 13.8 Å². The van der Waals surface area contributed by atoms with Crippen LogP contribution < -0.4 is 14.8 Å². The van der Waals surface area contributed by atoms with Crippen LogP contribution in [0, 0.1) is 0 Å². The molecule has 0 aliphatic carbocycles. The Labute approximate surface area is 195 Å². The van der Waals surface area contributed by atoms with Gasteiger partial charge in [-0.15, -0.1) is 0 Å². The number of carbonyl (C=O) groups excluding carboxylic acids is 2. The quantitative estimate of drug-likeness (QED) is 0.514. The van der Waals surface area contributed by atoms with Gasteiger partial charge in [-0.25, -0.2) is 13.1 Å². The lowest BCUT2D eigenvalue weighted by Gasteiger charge is -2.18. The number of methoxy groups -OCH3 is 1. The highest BCUT2D eigenvalue weighted by Crippen LogP contribution is 2.25. The lowest BCUT2D eigenvalue weighted by atomic mass is 10.1. The van der Waals surface area contributed by atoms with Gasteiger partial charge < -0.3 is 15.0 Å². The second kappa shape index (κ2) is 11.6. The largest absolute Gasteiger partial charge is 0.495 e. The summed E-state index contributed by atoms with van der Waals surface area (Å²) >= 11 is 0. The van der Waals surface area contributed by atoms with Gasteiger partial charge in [0.25, 0.3) is 5.91 Å². The maximum Gasteiger partial charge on any atom is 0.253 e. The van der Waals surface area contributed by atoms with E-state index in [0.29, 0.717) is 29.9 Å². The summed E-state index contributed by atoms with van der Waals surface area (Å²) in [4.78, 5) is 26.6. The van der Waals surface area contributed by atoms with Crippen LogP contribution >= 0.6 is 0 Å². The molecule has 0 aliphatic heterocycles. The fraction of sp³-hybridized carbons (Fsp3) is 0.333. The Balaban J connectivity index is 2.19. The smallest absolute Gasteiger partial charge is 0.253 e. The van der Waals surface area contributed by atoms with Crippen LogP contribution in [0.15, 0.2) is 53.4 Å². The molecule has 2 aromatic rings. The van der Waals surface area contributed by atoms with Gasteiger partial charge in [0.05, 0.1) is 7.11 Å². The lowest BCUT2D eigenvalue weighted by Crippen LogP contribution is -2.30. The highest BCUT2D eigenvalue weighted by atomic mass is 32.2. The summed E-state index contributed by atoms with van der Waals surface area (Å²) in [5, 5.41) is 2.72. The van der Waals surface area contributed by atoms with Crippen molar-refractivity contribution in [1.29, 1.82) is 0 Å². The Hall–Kier alpha value is -3.17. The fourth-order valence-corrected chi connectivity index (χ4v) is 4.62. The number of carbonyl (C=O) groups is 2. The average Bonchev–Trinajstić information content (AvgIpc) is 2.77. The Bertz CT molecular complexity index is 1120. The summed E-state index contributed by atoms with van der Waals surface area (Å²) in [6.07, 6.45) is 2.81. The Morgan fingerprint density at radius 3 is 2.39 bits per heavy atom. The van der Waals surface area contributed by atoms with Crippen LogP contribution in [0.4, 0.5) is 5.69 Å². The van der Waals surface area contributed by atoms with E-state index in [0.717, 1.165) is 0 Å². The molecule has 0 unspecified atom stereocenters. The first-order chi connectivity index (χ1) is 15.6. The number of amides is 2. The van der Waals surface area contributed by atoms with E-state index in [9.17, 15) is 18.0 Å². The van der Waals surface area contributed by atoms with Crippen molar-refractivity contribution >= 4 is 33.6 Å². The summed E-state index contributed by atoms with van der Waals surface area (Å²) in [5.74, 6) is -0.309. The number of nitrogens with one attached hydrogen (secondary N) is 2. The number of hydrogen-bond donors (Lipinski definition) is 2. The third-order valence-electron chi connectivity index (χ3n) is 4.72. The molecule has 0 radical (unpaired) electrons. The molecule has 0 spiro atoms. The van der Waals surface area contributed by atoms with Crippen molar-refractivity contribution in [3.63, 3.8) is 0 Å². The second-order valence-electron chi connectivity index (χ2n) is 7.57. The Morgan fingerprint density at radius 1 is 1.09 bits per heavy atom. The fourth-order valence-electron chi connectivity index (χ4n) is 3.16. The van der Waals surface area contributed by atoms with Crippen molar-refractivity contribution in [2.24, 2.45) is 0 Å². The molecule has 0 atom stereocenters. The minimum atomic E-state index is -3.78. The predicted octanol–water partition coefficient (Wildman–Crippen LogP) is 3.52. The highest BCUT2D eigenvalue weighted by molar-refractivity contribution is 7.89. The van der Waals surface area contributed by atoms with Crippen LogP contribution in [-0.4, -0.2) is 51.4 Å². The van der Waals surface area contributed by atoms with Crippen LogP contribution in [0.1, 0.15) is 43.6 Å². The molecule has 2 aromatic carbocycles. The van der Waals surface area contributed by atoms with Gasteiger partial charge in [-0.2, -0.15) is 0 Å². The molecule has 0 aliphatic rings. The summed E-state index contributed by atoms with van der Waals surface area (Å²) < 4.78 is 32.9. The summed E-state index contributed by atoms with van der Waals surface area (Å²) in [6.45, 7) is 8.46. The van der Waals surface area contributed by atoms with E-state index in [1.165, 1.54) is 31.4 Å². The molecule has 2 rings (SSSR count). The van der Waals surface area contributed by atoms with Crippen molar-refractivity contribution < 1.29 is 22.7 Å².